The fourth-order valence-electron chi connectivity index (χ4n) is 2.02. The quantitative estimate of drug-likeness (QED) is 0.521. The Balaban J connectivity index is 2.14. The minimum absolute atomic E-state index is 0.0319. The van der Waals surface area contributed by atoms with Crippen LogP contribution in [0, 0.1) is 10.1 Å². The SMILES string of the molecule is Nc1cc(Cl)c(-c2ccc3c(c2)OCO3)cc1[N+](=O)[O-]. The summed E-state index contributed by atoms with van der Waals surface area (Å²) in [7, 11) is 0. The Morgan fingerprint density at radius 1 is 1.20 bits per heavy atom. The number of hydrogen-bond donors (Lipinski definition) is 1. The van der Waals surface area contributed by atoms with Gasteiger partial charge in [-0.3, -0.25) is 10.1 Å². The molecule has 2 N–H and O–H groups in total. The highest BCUT2D eigenvalue weighted by Gasteiger charge is 2.19. The first-order chi connectivity index (χ1) is 9.56. The van der Waals surface area contributed by atoms with Crippen molar-refractivity contribution in [2.75, 3.05) is 12.5 Å². The first-order valence-corrected chi connectivity index (χ1v) is 6.07. The number of nitrogen functional groups attached to an aromatic ring is 1. The molecule has 2 aromatic rings. The number of rotatable bonds is 2. The van der Waals surface area contributed by atoms with Gasteiger partial charge in [0.25, 0.3) is 5.69 Å². The standard InChI is InChI=1S/C13H9ClN2O4/c14-9-5-10(15)11(16(17)18)4-8(9)7-1-2-12-13(3-7)20-6-19-12/h1-5H,6,15H2. The molecule has 0 aromatic heterocycles. The lowest BCUT2D eigenvalue weighted by Crippen LogP contribution is -1.96. The van der Waals surface area contributed by atoms with Gasteiger partial charge >= 0.3 is 0 Å². The lowest BCUT2D eigenvalue weighted by atomic mass is 10.0. The van der Waals surface area contributed by atoms with E-state index in [0.717, 1.165) is 0 Å². The molecule has 0 radical (unpaired) electrons. The summed E-state index contributed by atoms with van der Waals surface area (Å²) in [6.07, 6.45) is 0. The van der Waals surface area contributed by atoms with Crippen LogP contribution in [0.5, 0.6) is 11.5 Å². The van der Waals surface area contributed by atoms with Crippen LogP contribution < -0.4 is 15.2 Å². The van der Waals surface area contributed by atoms with Crippen LogP contribution in [0.3, 0.4) is 0 Å². The largest absolute Gasteiger partial charge is 0.454 e. The van der Waals surface area contributed by atoms with Crippen molar-refractivity contribution in [3.05, 3.63) is 45.5 Å². The molecule has 0 bridgehead atoms. The number of nitrogens with two attached hydrogens (primary N) is 1. The first kappa shape index (κ1) is 12.6. The summed E-state index contributed by atoms with van der Waals surface area (Å²) in [5.74, 6) is 1.22. The zero-order valence-corrected chi connectivity index (χ0v) is 10.9. The number of fused-ring (bicyclic) bond motifs is 1. The van der Waals surface area contributed by atoms with Gasteiger partial charge in [-0.2, -0.15) is 0 Å². The number of nitrogens with zero attached hydrogens (tertiary/aromatic N) is 1. The first-order valence-electron chi connectivity index (χ1n) is 5.69. The Morgan fingerprint density at radius 2 is 1.95 bits per heavy atom. The Morgan fingerprint density at radius 3 is 2.70 bits per heavy atom. The molecular weight excluding hydrogens is 284 g/mol. The molecule has 2 aromatic carbocycles. The van der Waals surface area contributed by atoms with Gasteiger partial charge in [-0.15, -0.1) is 0 Å². The number of ether oxygens (including phenoxy) is 2. The van der Waals surface area contributed by atoms with Gasteiger partial charge in [0, 0.05) is 11.6 Å². The summed E-state index contributed by atoms with van der Waals surface area (Å²) >= 11 is 6.12. The van der Waals surface area contributed by atoms with E-state index in [2.05, 4.69) is 0 Å². The molecule has 0 aliphatic carbocycles. The summed E-state index contributed by atoms with van der Waals surface area (Å²) in [6, 6.07) is 7.95. The fraction of sp³-hybridized carbons (Fsp3) is 0.0769. The van der Waals surface area contributed by atoms with Crippen LogP contribution in [0.4, 0.5) is 11.4 Å². The molecule has 1 aliphatic heterocycles. The number of benzene rings is 2. The fourth-order valence-corrected chi connectivity index (χ4v) is 2.30. The number of nitro benzene ring substituents is 1. The molecule has 0 amide bonds. The van der Waals surface area contributed by atoms with Crippen molar-refractivity contribution < 1.29 is 14.4 Å². The lowest BCUT2D eigenvalue weighted by Gasteiger charge is -2.07. The van der Waals surface area contributed by atoms with Crippen LogP contribution >= 0.6 is 11.6 Å². The Hall–Kier alpha value is -2.47. The second-order valence-corrected chi connectivity index (χ2v) is 4.62. The normalized spacial score (nSPS) is 12.4. The van der Waals surface area contributed by atoms with E-state index < -0.39 is 4.92 Å². The second kappa shape index (κ2) is 4.57. The van der Waals surface area contributed by atoms with E-state index in [1.807, 2.05) is 0 Å². The molecule has 102 valence electrons. The second-order valence-electron chi connectivity index (χ2n) is 4.22. The van der Waals surface area contributed by atoms with Gasteiger partial charge in [-0.25, -0.2) is 0 Å². The van der Waals surface area contributed by atoms with Gasteiger partial charge in [0.15, 0.2) is 11.5 Å². The van der Waals surface area contributed by atoms with Crippen LogP contribution in [-0.4, -0.2) is 11.7 Å². The maximum Gasteiger partial charge on any atom is 0.292 e. The molecule has 7 heteroatoms. The van der Waals surface area contributed by atoms with Gasteiger partial charge in [0.2, 0.25) is 6.79 Å². The minimum atomic E-state index is -0.540. The third kappa shape index (κ3) is 2.00. The number of hydrogen-bond acceptors (Lipinski definition) is 5. The zero-order chi connectivity index (χ0) is 14.3. The van der Waals surface area contributed by atoms with Gasteiger partial charge in [-0.05, 0) is 23.8 Å². The molecule has 1 heterocycles. The van der Waals surface area contributed by atoms with Crippen LogP contribution in [-0.2, 0) is 0 Å². The van der Waals surface area contributed by atoms with E-state index in [1.54, 1.807) is 18.2 Å². The van der Waals surface area contributed by atoms with Crippen molar-refractivity contribution >= 4 is 23.0 Å². The molecule has 0 spiro atoms. The molecule has 3 rings (SSSR count). The van der Waals surface area contributed by atoms with E-state index in [4.69, 9.17) is 26.8 Å². The molecule has 0 unspecified atom stereocenters. The number of halogens is 1. The van der Waals surface area contributed by atoms with Crippen molar-refractivity contribution in [2.45, 2.75) is 0 Å². The molecule has 6 nitrogen and oxygen atoms in total. The predicted octanol–water partition coefficient (Wildman–Crippen LogP) is 3.23. The lowest BCUT2D eigenvalue weighted by molar-refractivity contribution is -0.383. The maximum atomic E-state index is 10.9. The van der Waals surface area contributed by atoms with Gasteiger partial charge in [-0.1, -0.05) is 17.7 Å². The van der Waals surface area contributed by atoms with E-state index in [0.29, 0.717) is 27.6 Å². The topological polar surface area (TPSA) is 87.6 Å². The Kier molecular flexibility index (Phi) is 2.87. The minimum Gasteiger partial charge on any atom is -0.454 e. The summed E-state index contributed by atoms with van der Waals surface area (Å²) in [5, 5.41) is 11.3. The van der Waals surface area contributed by atoms with Crippen molar-refractivity contribution in [2.24, 2.45) is 0 Å². The van der Waals surface area contributed by atoms with Crippen molar-refractivity contribution in [1.82, 2.24) is 0 Å². The summed E-state index contributed by atoms with van der Waals surface area (Å²) in [4.78, 5) is 10.4. The molecule has 0 atom stereocenters. The molecular formula is C13H9ClN2O4. The third-order valence-electron chi connectivity index (χ3n) is 3.00. The summed E-state index contributed by atoms with van der Waals surface area (Å²) in [6.45, 7) is 0.161. The van der Waals surface area contributed by atoms with Crippen LogP contribution in [0.15, 0.2) is 30.3 Å². The van der Waals surface area contributed by atoms with Crippen molar-refractivity contribution in [3.63, 3.8) is 0 Å². The third-order valence-corrected chi connectivity index (χ3v) is 3.31. The highest BCUT2D eigenvalue weighted by Crippen LogP contribution is 2.40. The summed E-state index contributed by atoms with van der Waals surface area (Å²) < 4.78 is 10.5. The average Bonchev–Trinajstić information content (AvgIpc) is 2.85. The Bertz CT molecular complexity index is 718. The number of nitro groups is 1. The monoisotopic (exact) mass is 292 g/mol. The number of anilines is 1. The zero-order valence-electron chi connectivity index (χ0n) is 10.1. The van der Waals surface area contributed by atoms with E-state index in [-0.39, 0.29) is 18.2 Å². The van der Waals surface area contributed by atoms with Crippen LogP contribution in [0.1, 0.15) is 0 Å². The van der Waals surface area contributed by atoms with Crippen molar-refractivity contribution in [1.29, 1.82) is 0 Å². The van der Waals surface area contributed by atoms with Gasteiger partial charge in [0.1, 0.15) is 5.69 Å². The van der Waals surface area contributed by atoms with E-state index >= 15 is 0 Å². The molecule has 20 heavy (non-hydrogen) atoms. The maximum absolute atomic E-state index is 10.9. The van der Waals surface area contributed by atoms with Gasteiger partial charge in [0.05, 0.1) is 9.95 Å². The van der Waals surface area contributed by atoms with Crippen LogP contribution in [0.2, 0.25) is 5.02 Å². The smallest absolute Gasteiger partial charge is 0.292 e. The highest BCUT2D eigenvalue weighted by atomic mass is 35.5. The average molecular weight is 293 g/mol. The molecule has 0 fully saturated rings. The Labute approximate surface area is 118 Å². The van der Waals surface area contributed by atoms with Gasteiger partial charge < -0.3 is 15.2 Å². The van der Waals surface area contributed by atoms with Crippen LogP contribution in [0.25, 0.3) is 11.1 Å². The van der Waals surface area contributed by atoms with Crippen molar-refractivity contribution in [3.8, 4) is 22.6 Å². The predicted molar refractivity (Wildman–Crippen MR) is 74.1 cm³/mol. The molecule has 0 saturated heterocycles. The molecule has 0 saturated carbocycles. The highest BCUT2D eigenvalue weighted by molar-refractivity contribution is 6.33. The molecule has 1 aliphatic rings. The van der Waals surface area contributed by atoms with E-state index in [1.165, 1.54) is 12.1 Å². The van der Waals surface area contributed by atoms with E-state index in [9.17, 15) is 10.1 Å². The summed E-state index contributed by atoms with van der Waals surface area (Å²) in [5.41, 5.74) is 6.66.